The maximum absolute atomic E-state index is 3.55. The summed E-state index contributed by atoms with van der Waals surface area (Å²) in [6.07, 6.45) is 4.19. The quantitative estimate of drug-likeness (QED) is 0.671. The zero-order valence-corrected chi connectivity index (χ0v) is 10.4. The van der Waals surface area contributed by atoms with E-state index in [4.69, 9.17) is 0 Å². The molecule has 0 radical (unpaired) electrons. The van der Waals surface area contributed by atoms with Crippen molar-refractivity contribution in [3.05, 3.63) is 77.6 Å². The summed E-state index contributed by atoms with van der Waals surface area (Å²) in [6.45, 7) is 0. The van der Waals surface area contributed by atoms with Crippen LogP contribution < -0.4 is 5.32 Å². The van der Waals surface area contributed by atoms with E-state index in [1.165, 1.54) is 27.7 Å². The number of benzene rings is 2. The number of rotatable bonds is 1. The van der Waals surface area contributed by atoms with Gasteiger partial charge in [-0.3, -0.25) is 0 Å². The lowest BCUT2D eigenvalue weighted by Gasteiger charge is -2.21. The van der Waals surface area contributed by atoms with Crippen molar-refractivity contribution in [1.82, 2.24) is 10.3 Å². The summed E-state index contributed by atoms with van der Waals surface area (Å²) >= 11 is 0. The second-order valence-corrected chi connectivity index (χ2v) is 4.84. The summed E-state index contributed by atoms with van der Waals surface area (Å²) in [4.78, 5) is 3.55. The molecule has 19 heavy (non-hydrogen) atoms. The minimum absolute atomic E-state index is 0.202. The van der Waals surface area contributed by atoms with Gasteiger partial charge in [-0.15, -0.1) is 0 Å². The molecule has 3 aromatic rings. The number of aromatic nitrogens is 1. The first-order valence-corrected chi connectivity index (χ1v) is 6.51. The molecule has 0 aliphatic carbocycles. The van der Waals surface area contributed by atoms with Crippen LogP contribution in [0.1, 0.15) is 22.9 Å². The highest BCUT2D eigenvalue weighted by molar-refractivity contribution is 5.91. The number of H-pyrrole nitrogens is 1. The van der Waals surface area contributed by atoms with Gasteiger partial charge in [0, 0.05) is 16.5 Å². The molecule has 0 fully saturated rings. The van der Waals surface area contributed by atoms with Gasteiger partial charge in [-0.2, -0.15) is 0 Å². The molecule has 1 aliphatic rings. The third kappa shape index (κ3) is 1.57. The summed E-state index contributed by atoms with van der Waals surface area (Å²) in [5, 5.41) is 4.73. The second kappa shape index (κ2) is 4.02. The van der Waals surface area contributed by atoms with Crippen LogP contribution >= 0.6 is 0 Å². The van der Waals surface area contributed by atoms with Gasteiger partial charge in [-0.1, -0.05) is 48.5 Å². The molecule has 0 saturated heterocycles. The molecule has 1 aromatic heterocycles. The van der Waals surface area contributed by atoms with E-state index in [1.807, 2.05) is 12.3 Å². The molecule has 92 valence electrons. The topological polar surface area (TPSA) is 27.8 Å². The van der Waals surface area contributed by atoms with Gasteiger partial charge in [0.15, 0.2) is 0 Å². The standard InChI is InChI=1S/C17H14N2/c1-2-6-12(7-3-1)16-17-14(10-11-18-16)13-8-4-5-9-15(13)19-17/h1-11,16,18-19H. The van der Waals surface area contributed by atoms with Crippen molar-refractivity contribution in [2.24, 2.45) is 0 Å². The minimum Gasteiger partial charge on any atom is -0.379 e. The predicted octanol–water partition coefficient (Wildman–Crippen LogP) is 3.83. The van der Waals surface area contributed by atoms with Crippen LogP contribution in [0.5, 0.6) is 0 Å². The minimum atomic E-state index is 0.202. The van der Waals surface area contributed by atoms with Crippen LogP contribution in [-0.4, -0.2) is 4.98 Å². The maximum Gasteiger partial charge on any atom is 0.0920 e. The largest absolute Gasteiger partial charge is 0.379 e. The van der Waals surface area contributed by atoms with Crippen LogP contribution in [0.4, 0.5) is 0 Å². The van der Waals surface area contributed by atoms with Crippen molar-refractivity contribution in [2.45, 2.75) is 6.04 Å². The Bertz CT molecular complexity index is 753. The number of aromatic amines is 1. The van der Waals surface area contributed by atoms with E-state index in [0.29, 0.717) is 0 Å². The molecule has 2 heterocycles. The molecule has 0 saturated carbocycles. The fourth-order valence-corrected chi connectivity index (χ4v) is 2.81. The summed E-state index contributed by atoms with van der Waals surface area (Å²) in [7, 11) is 0. The summed E-state index contributed by atoms with van der Waals surface area (Å²) in [5.41, 5.74) is 5.01. The van der Waals surface area contributed by atoms with Crippen molar-refractivity contribution in [1.29, 1.82) is 0 Å². The van der Waals surface area contributed by atoms with Gasteiger partial charge in [-0.25, -0.2) is 0 Å². The monoisotopic (exact) mass is 246 g/mol. The van der Waals surface area contributed by atoms with Gasteiger partial charge < -0.3 is 10.3 Å². The van der Waals surface area contributed by atoms with Crippen LogP contribution in [0.3, 0.4) is 0 Å². The lowest BCUT2D eigenvalue weighted by atomic mass is 9.97. The average Bonchev–Trinajstić information content (AvgIpc) is 2.87. The highest BCUT2D eigenvalue weighted by Gasteiger charge is 2.21. The lowest BCUT2D eigenvalue weighted by Crippen LogP contribution is -2.20. The lowest BCUT2D eigenvalue weighted by molar-refractivity contribution is 0.704. The smallest absolute Gasteiger partial charge is 0.0920 e. The van der Waals surface area contributed by atoms with Gasteiger partial charge in [-0.05, 0) is 23.9 Å². The van der Waals surface area contributed by atoms with Crippen molar-refractivity contribution in [2.75, 3.05) is 0 Å². The number of hydrogen-bond acceptors (Lipinski definition) is 1. The molecule has 4 rings (SSSR count). The number of hydrogen-bond donors (Lipinski definition) is 2. The Hall–Kier alpha value is -2.48. The van der Waals surface area contributed by atoms with Gasteiger partial charge in [0.25, 0.3) is 0 Å². The van der Waals surface area contributed by atoms with Crippen LogP contribution in [0.2, 0.25) is 0 Å². The van der Waals surface area contributed by atoms with Crippen molar-refractivity contribution < 1.29 is 0 Å². The summed E-state index contributed by atoms with van der Waals surface area (Å²) in [6, 6.07) is 19.2. The Labute approximate surface area is 111 Å². The van der Waals surface area contributed by atoms with E-state index in [-0.39, 0.29) is 6.04 Å². The normalized spacial score (nSPS) is 17.2. The molecule has 0 bridgehead atoms. The van der Waals surface area contributed by atoms with Gasteiger partial charge in [0.2, 0.25) is 0 Å². The SMILES string of the molecule is C1=Cc2c([nH]c3ccccc23)C(c2ccccc2)N1. The third-order valence-electron chi connectivity index (χ3n) is 3.71. The molecule has 0 spiro atoms. The molecular formula is C17H14N2. The zero-order chi connectivity index (χ0) is 12.7. The Balaban J connectivity index is 1.94. The van der Waals surface area contributed by atoms with Crippen LogP contribution in [0.25, 0.3) is 17.0 Å². The first kappa shape index (κ1) is 10.4. The molecule has 1 aliphatic heterocycles. The first-order valence-electron chi connectivity index (χ1n) is 6.51. The van der Waals surface area contributed by atoms with Gasteiger partial charge in [0.1, 0.15) is 0 Å². The van der Waals surface area contributed by atoms with E-state index in [0.717, 1.165) is 0 Å². The van der Waals surface area contributed by atoms with Gasteiger partial charge >= 0.3 is 0 Å². The Kier molecular flexibility index (Phi) is 2.21. The van der Waals surface area contributed by atoms with E-state index < -0.39 is 0 Å². The molecule has 2 nitrogen and oxygen atoms in total. The number of fused-ring (bicyclic) bond motifs is 3. The molecule has 2 aromatic carbocycles. The molecule has 1 atom stereocenters. The van der Waals surface area contributed by atoms with Crippen molar-refractivity contribution >= 4 is 17.0 Å². The maximum atomic E-state index is 3.55. The highest BCUT2D eigenvalue weighted by atomic mass is 14.9. The van der Waals surface area contributed by atoms with E-state index in [2.05, 4.69) is 64.9 Å². The average molecular weight is 246 g/mol. The summed E-state index contributed by atoms with van der Waals surface area (Å²) in [5.74, 6) is 0. The van der Waals surface area contributed by atoms with E-state index in [1.54, 1.807) is 0 Å². The van der Waals surface area contributed by atoms with Crippen LogP contribution in [-0.2, 0) is 0 Å². The zero-order valence-electron chi connectivity index (χ0n) is 10.4. The number of para-hydroxylation sites is 1. The van der Waals surface area contributed by atoms with Gasteiger partial charge in [0.05, 0.1) is 11.7 Å². The highest BCUT2D eigenvalue weighted by Crippen LogP contribution is 2.33. The Morgan fingerprint density at radius 1 is 0.842 bits per heavy atom. The number of nitrogens with one attached hydrogen (secondary N) is 2. The van der Waals surface area contributed by atoms with Crippen LogP contribution in [0.15, 0.2) is 60.8 Å². The molecule has 1 unspecified atom stereocenters. The molecule has 0 amide bonds. The first-order chi connectivity index (χ1) is 9.43. The van der Waals surface area contributed by atoms with Crippen LogP contribution in [0, 0.1) is 0 Å². The molecule has 2 heteroatoms. The predicted molar refractivity (Wildman–Crippen MR) is 78.8 cm³/mol. The molecular weight excluding hydrogens is 232 g/mol. The Morgan fingerprint density at radius 3 is 2.53 bits per heavy atom. The fourth-order valence-electron chi connectivity index (χ4n) is 2.81. The Morgan fingerprint density at radius 2 is 1.63 bits per heavy atom. The molecule has 2 N–H and O–H groups in total. The second-order valence-electron chi connectivity index (χ2n) is 4.84. The fraction of sp³-hybridized carbons (Fsp3) is 0.0588. The van der Waals surface area contributed by atoms with E-state index in [9.17, 15) is 0 Å². The summed E-state index contributed by atoms with van der Waals surface area (Å²) < 4.78 is 0. The third-order valence-corrected chi connectivity index (χ3v) is 3.71. The van der Waals surface area contributed by atoms with E-state index >= 15 is 0 Å². The van der Waals surface area contributed by atoms with Crippen molar-refractivity contribution in [3.8, 4) is 0 Å². The van der Waals surface area contributed by atoms with Crippen molar-refractivity contribution in [3.63, 3.8) is 0 Å².